The molecule has 10 nitrogen and oxygen atoms in total. The molecule has 178 valence electrons. The van der Waals surface area contributed by atoms with Crippen LogP contribution >= 0.6 is 0 Å². The number of amides is 1. The van der Waals surface area contributed by atoms with E-state index < -0.39 is 66.4 Å². The minimum absolute atomic E-state index is 0.0231. The lowest BCUT2D eigenvalue weighted by atomic mass is 9.85. The predicted molar refractivity (Wildman–Crippen MR) is 111 cm³/mol. The molecule has 0 radical (unpaired) electrons. The summed E-state index contributed by atoms with van der Waals surface area (Å²) in [6.07, 6.45) is -3.45. The number of Topliss-reactive ketones (excluding diaryl/α,β-unsaturated/α-hetero) is 1. The summed E-state index contributed by atoms with van der Waals surface area (Å²) in [5.74, 6) is -3.70. The van der Waals surface area contributed by atoms with E-state index in [9.17, 15) is 24.0 Å². The molecule has 0 spiro atoms. The molecular weight excluding hydrogens is 434 g/mol. The number of carbonyl (C=O) groups excluding carboxylic acids is 5. The van der Waals surface area contributed by atoms with Gasteiger partial charge < -0.3 is 18.9 Å². The second-order valence-electron chi connectivity index (χ2n) is 8.20. The molecule has 2 heterocycles. The van der Waals surface area contributed by atoms with Crippen LogP contribution in [0.4, 0.5) is 4.79 Å². The van der Waals surface area contributed by atoms with Crippen LogP contribution in [-0.4, -0.2) is 60.2 Å². The number of hydrogen-bond donors (Lipinski definition) is 0. The van der Waals surface area contributed by atoms with Crippen molar-refractivity contribution >= 4 is 29.8 Å². The normalized spacial score (nSPS) is 27.4. The van der Waals surface area contributed by atoms with Crippen LogP contribution in [0, 0.1) is 11.8 Å². The molecule has 0 N–H and O–H groups in total. The van der Waals surface area contributed by atoms with E-state index in [2.05, 4.69) is 0 Å². The lowest BCUT2D eigenvalue weighted by Gasteiger charge is -2.35. The van der Waals surface area contributed by atoms with Crippen molar-refractivity contribution in [2.45, 2.75) is 58.1 Å². The van der Waals surface area contributed by atoms with E-state index >= 15 is 0 Å². The van der Waals surface area contributed by atoms with Crippen LogP contribution in [0.25, 0.3) is 0 Å². The topological polar surface area (TPSA) is 126 Å². The molecule has 2 aliphatic heterocycles. The van der Waals surface area contributed by atoms with Gasteiger partial charge in [0.25, 0.3) is 0 Å². The average molecular weight is 461 g/mol. The number of ketones is 1. The Morgan fingerprint density at radius 2 is 1.82 bits per heavy atom. The van der Waals surface area contributed by atoms with E-state index in [4.69, 9.17) is 18.9 Å². The number of methoxy groups -OCH3 is 1. The Kier molecular flexibility index (Phi) is 7.67. The standard InChI is InChI=1S/C23H27NO9/c1-13-9-19(32-14(2)25)24(23(29)31-12-15-7-5-4-6-8-15)17(22(28)30-3)11-18(26)16-10-20(27)33-21(13)16/h4-8,13,16-17,19,21H,9-12H2,1-3H3/t13-,16-,17-,19?,21+/m0/s1. The number of benzene rings is 1. The largest absolute Gasteiger partial charge is 0.467 e. The van der Waals surface area contributed by atoms with E-state index in [-0.39, 0.29) is 19.4 Å². The van der Waals surface area contributed by atoms with Crippen molar-refractivity contribution in [3.63, 3.8) is 0 Å². The third kappa shape index (κ3) is 5.68. The fourth-order valence-corrected chi connectivity index (χ4v) is 4.26. The highest BCUT2D eigenvalue weighted by molar-refractivity contribution is 5.93. The maximum atomic E-state index is 13.2. The quantitative estimate of drug-likeness (QED) is 0.489. The number of fused-ring (bicyclic) bond motifs is 1. The SMILES string of the molecule is COC(=O)[C@@H]1CC(=O)[C@@H]2CC(=O)O[C@@H]2[C@@H](C)CC(OC(C)=O)N1C(=O)OCc1ccccc1. The Morgan fingerprint density at radius 3 is 2.45 bits per heavy atom. The number of nitrogens with zero attached hydrogens (tertiary/aromatic N) is 1. The van der Waals surface area contributed by atoms with E-state index in [0.717, 1.165) is 12.0 Å². The molecule has 1 amide bonds. The smallest absolute Gasteiger partial charge is 0.413 e. The Bertz CT molecular complexity index is 916. The number of carbonyl (C=O) groups is 5. The van der Waals surface area contributed by atoms with Gasteiger partial charge in [0, 0.05) is 19.8 Å². The van der Waals surface area contributed by atoms with Gasteiger partial charge in [-0.15, -0.1) is 0 Å². The van der Waals surface area contributed by atoms with Gasteiger partial charge in [-0.05, 0) is 11.5 Å². The molecule has 33 heavy (non-hydrogen) atoms. The van der Waals surface area contributed by atoms with Crippen LogP contribution in [0.1, 0.15) is 38.7 Å². The fraction of sp³-hybridized carbons (Fsp3) is 0.522. The molecule has 0 aromatic heterocycles. The van der Waals surface area contributed by atoms with Gasteiger partial charge in [0.05, 0.1) is 19.4 Å². The molecular formula is C23H27NO9. The lowest BCUT2D eigenvalue weighted by molar-refractivity contribution is -0.167. The molecule has 5 atom stereocenters. The van der Waals surface area contributed by atoms with Crippen molar-refractivity contribution in [1.82, 2.24) is 4.90 Å². The summed E-state index contributed by atoms with van der Waals surface area (Å²) >= 11 is 0. The summed E-state index contributed by atoms with van der Waals surface area (Å²) in [6.45, 7) is 2.80. The molecule has 3 rings (SSSR count). The molecule has 0 aliphatic carbocycles. The minimum Gasteiger partial charge on any atom is -0.467 e. The zero-order valence-corrected chi connectivity index (χ0v) is 18.7. The zero-order chi connectivity index (χ0) is 24.1. The molecule has 1 aromatic rings. The van der Waals surface area contributed by atoms with Crippen molar-refractivity contribution in [3.05, 3.63) is 35.9 Å². The van der Waals surface area contributed by atoms with E-state index in [1.54, 1.807) is 31.2 Å². The average Bonchev–Trinajstić information content (AvgIpc) is 3.19. The van der Waals surface area contributed by atoms with Crippen LogP contribution in [0.5, 0.6) is 0 Å². The Labute approximate surface area is 191 Å². The maximum absolute atomic E-state index is 13.2. The van der Waals surface area contributed by atoms with Crippen molar-refractivity contribution in [2.75, 3.05) is 7.11 Å². The fourth-order valence-electron chi connectivity index (χ4n) is 4.26. The maximum Gasteiger partial charge on any atom is 0.413 e. The van der Waals surface area contributed by atoms with Gasteiger partial charge in [-0.1, -0.05) is 37.3 Å². The van der Waals surface area contributed by atoms with Gasteiger partial charge in [0.2, 0.25) is 0 Å². The number of ether oxygens (including phenoxy) is 4. The molecule has 2 fully saturated rings. The Hall–Kier alpha value is -3.43. The Morgan fingerprint density at radius 1 is 1.12 bits per heavy atom. The van der Waals surface area contributed by atoms with E-state index in [1.165, 1.54) is 6.92 Å². The van der Waals surface area contributed by atoms with Gasteiger partial charge in [-0.2, -0.15) is 0 Å². The van der Waals surface area contributed by atoms with Gasteiger partial charge >= 0.3 is 24.0 Å². The Balaban J connectivity index is 1.96. The highest BCUT2D eigenvalue weighted by atomic mass is 16.6. The molecule has 0 bridgehead atoms. The van der Waals surface area contributed by atoms with Crippen molar-refractivity contribution in [3.8, 4) is 0 Å². The van der Waals surface area contributed by atoms with Crippen molar-refractivity contribution in [1.29, 1.82) is 0 Å². The number of hydrogen-bond acceptors (Lipinski definition) is 9. The molecule has 0 saturated carbocycles. The summed E-state index contributed by atoms with van der Waals surface area (Å²) in [5.41, 5.74) is 0.708. The van der Waals surface area contributed by atoms with Gasteiger partial charge in [0.1, 0.15) is 24.5 Å². The van der Waals surface area contributed by atoms with Crippen LogP contribution in [0.2, 0.25) is 0 Å². The van der Waals surface area contributed by atoms with Gasteiger partial charge in [-0.3, -0.25) is 19.3 Å². The highest BCUT2D eigenvalue weighted by Gasteiger charge is 2.49. The summed E-state index contributed by atoms with van der Waals surface area (Å²) in [5, 5.41) is 0. The van der Waals surface area contributed by atoms with Crippen molar-refractivity contribution < 1.29 is 42.9 Å². The van der Waals surface area contributed by atoms with Gasteiger partial charge in [-0.25, -0.2) is 9.59 Å². The second-order valence-corrected chi connectivity index (χ2v) is 8.20. The van der Waals surface area contributed by atoms with Crippen LogP contribution < -0.4 is 0 Å². The third-order valence-electron chi connectivity index (χ3n) is 5.83. The third-order valence-corrected chi connectivity index (χ3v) is 5.83. The van der Waals surface area contributed by atoms with Crippen molar-refractivity contribution in [2.24, 2.45) is 11.8 Å². The summed E-state index contributed by atoms with van der Waals surface area (Å²) in [4.78, 5) is 63.7. The summed E-state index contributed by atoms with van der Waals surface area (Å²) in [6, 6.07) is 7.48. The van der Waals surface area contributed by atoms with Crippen LogP contribution in [-0.2, 0) is 44.7 Å². The van der Waals surface area contributed by atoms with E-state index in [1.807, 2.05) is 6.07 Å². The molecule has 10 heteroatoms. The van der Waals surface area contributed by atoms with Crippen LogP contribution in [0.3, 0.4) is 0 Å². The first-order valence-electron chi connectivity index (χ1n) is 10.7. The monoisotopic (exact) mass is 461 g/mol. The lowest BCUT2D eigenvalue weighted by Crippen LogP contribution is -2.53. The van der Waals surface area contributed by atoms with Crippen LogP contribution in [0.15, 0.2) is 30.3 Å². The molecule has 1 unspecified atom stereocenters. The van der Waals surface area contributed by atoms with Gasteiger partial charge in [0.15, 0.2) is 6.23 Å². The first-order chi connectivity index (χ1) is 15.7. The summed E-state index contributed by atoms with van der Waals surface area (Å²) < 4.78 is 21.0. The molecule has 2 aliphatic rings. The summed E-state index contributed by atoms with van der Waals surface area (Å²) in [7, 11) is 1.13. The number of esters is 3. The zero-order valence-electron chi connectivity index (χ0n) is 18.7. The first kappa shape index (κ1) is 24.2. The first-order valence-corrected chi connectivity index (χ1v) is 10.7. The number of rotatable bonds is 4. The highest BCUT2D eigenvalue weighted by Crippen LogP contribution is 2.36. The minimum atomic E-state index is -1.41. The molecule has 1 aromatic carbocycles. The predicted octanol–water partition coefficient (Wildman–Crippen LogP) is 1.99. The van der Waals surface area contributed by atoms with E-state index in [0.29, 0.717) is 5.56 Å². The second kappa shape index (κ2) is 10.5. The molecule has 2 saturated heterocycles.